The van der Waals surface area contributed by atoms with E-state index in [9.17, 15) is 9.90 Å². The average Bonchev–Trinajstić information content (AvgIpc) is 2.87. The van der Waals surface area contributed by atoms with Gasteiger partial charge in [0.2, 0.25) is 5.76 Å². The number of hydrogen-bond acceptors (Lipinski definition) is 5. The van der Waals surface area contributed by atoms with Gasteiger partial charge >= 0.3 is 5.97 Å². The molecule has 0 spiro atoms. The molecule has 1 saturated heterocycles. The second kappa shape index (κ2) is 6.62. The molecule has 1 aliphatic rings. The molecule has 2 heterocycles. The van der Waals surface area contributed by atoms with Crippen molar-refractivity contribution in [3.05, 3.63) is 23.2 Å². The molecule has 118 valence electrons. The van der Waals surface area contributed by atoms with Gasteiger partial charge in [-0.3, -0.25) is 4.90 Å². The molecule has 5 heteroatoms. The number of furan rings is 1. The van der Waals surface area contributed by atoms with Crippen LogP contribution in [-0.4, -0.2) is 42.3 Å². The number of hydrogen-bond donors (Lipinski definition) is 1. The molecular formula is C16H25NO4. The van der Waals surface area contributed by atoms with Crippen molar-refractivity contribution in [3.8, 4) is 0 Å². The molecular weight excluding hydrogens is 270 g/mol. The summed E-state index contributed by atoms with van der Waals surface area (Å²) < 4.78 is 10.4. The van der Waals surface area contributed by atoms with Crippen molar-refractivity contribution in [2.75, 3.05) is 20.2 Å². The quantitative estimate of drug-likeness (QED) is 0.865. The van der Waals surface area contributed by atoms with Crippen LogP contribution in [0.15, 0.2) is 10.5 Å². The number of carbonyl (C=O) groups is 1. The predicted molar refractivity (Wildman–Crippen MR) is 79.2 cm³/mol. The molecule has 1 aromatic heterocycles. The van der Waals surface area contributed by atoms with Gasteiger partial charge in [0.1, 0.15) is 5.76 Å². The van der Waals surface area contributed by atoms with Crippen molar-refractivity contribution in [2.24, 2.45) is 5.92 Å². The number of nitrogens with zero attached hydrogens (tertiary/aromatic N) is 1. The first-order valence-corrected chi connectivity index (χ1v) is 7.54. The Kier molecular flexibility index (Phi) is 5.06. The minimum absolute atomic E-state index is 0.0867. The summed E-state index contributed by atoms with van der Waals surface area (Å²) in [4.78, 5) is 13.9. The molecule has 0 radical (unpaired) electrons. The minimum atomic E-state index is -0.438. The maximum Gasteiger partial charge on any atom is 0.374 e. The molecule has 1 fully saturated rings. The number of aliphatic hydroxyl groups excluding tert-OH is 1. The number of likely N-dealkylation sites (tertiary alicyclic amines) is 1. The third-order valence-electron chi connectivity index (χ3n) is 4.44. The summed E-state index contributed by atoms with van der Waals surface area (Å²) in [5, 5.41) is 9.79. The van der Waals surface area contributed by atoms with Crippen LogP contribution >= 0.6 is 0 Å². The molecule has 21 heavy (non-hydrogen) atoms. The Morgan fingerprint density at radius 1 is 1.52 bits per heavy atom. The van der Waals surface area contributed by atoms with Crippen LogP contribution in [0.3, 0.4) is 0 Å². The summed E-state index contributed by atoms with van der Waals surface area (Å²) in [6, 6.07) is 1.99. The number of aliphatic hydroxyl groups is 1. The summed E-state index contributed by atoms with van der Waals surface area (Å²) in [5.74, 6) is 0.923. The van der Waals surface area contributed by atoms with Gasteiger partial charge in [0.25, 0.3) is 0 Å². The standard InChI is InChI=1S/C16H25NO4/c1-10-8-14(21-15(10)16(19)20-4)11(2)17-7-5-6-13(9-17)12(3)18/h8,11-13,18H,5-7,9H2,1-4H3/t11-,12+,13+/m0/s1. The van der Waals surface area contributed by atoms with Crippen LogP contribution in [0.2, 0.25) is 0 Å². The van der Waals surface area contributed by atoms with E-state index in [4.69, 9.17) is 9.15 Å². The van der Waals surface area contributed by atoms with E-state index in [0.29, 0.717) is 5.92 Å². The van der Waals surface area contributed by atoms with Crippen molar-refractivity contribution < 1.29 is 19.1 Å². The lowest BCUT2D eigenvalue weighted by molar-refractivity contribution is 0.0415. The van der Waals surface area contributed by atoms with E-state index in [1.54, 1.807) is 0 Å². The van der Waals surface area contributed by atoms with E-state index in [-0.39, 0.29) is 17.9 Å². The Morgan fingerprint density at radius 3 is 2.86 bits per heavy atom. The van der Waals surface area contributed by atoms with Gasteiger partial charge in [-0.2, -0.15) is 0 Å². The van der Waals surface area contributed by atoms with Crippen LogP contribution in [0, 0.1) is 12.8 Å². The normalized spacial score (nSPS) is 22.8. The molecule has 0 amide bonds. The lowest BCUT2D eigenvalue weighted by Gasteiger charge is -2.37. The predicted octanol–water partition coefficient (Wildman–Crippen LogP) is 2.53. The van der Waals surface area contributed by atoms with Crippen LogP contribution in [0.4, 0.5) is 0 Å². The van der Waals surface area contributed by atoms with Crippen molar-refractivity contribution in [3.63, 3.8) is 0 Å². The fourth-order valence-electron chi connectivity index (χ4n) is 2.97. The van der Waals surface area contributed by atoms with Crippen LogP contribution < -0.4 is 0 Å². The highest BCUT2D eigenvalue weighted by Gasteiger charge is 2.29. The molecule has 2 rings (SSSR count). The third-order valence-corrected chi connectivity index (χ3v) is 4.44. The molecule has 0 aromatic carbocycles. The minimum Gasteiger partial charge on any atom is -0.463 e. The molecule has 1 aliphatic heterocycles. The van der Waals surface area contributed by atoms with E-state index in [1.165, 1.54) is 7.11 Å². The Labute approximate surface area is 125 Å². The zero-order valence-electron chi connectivity index (χ0n) is 13.3. The Balaban J connectivity index is 2.12. The van der Waals surface area contributed by atoms with Gasteiger partial charge in [-0.1, -0.05) is 0 Å². The number of methoxy groups -OCH3 is 1. The summed E-state index contributed by atoms with van der Waals surface area (Å²) in [6.07, 6.45) is 1.85. The van der Waals surface area contributed by atoms with Gasteiger partial charge < -0.3 is 14.3 Å². The summed E-state index contributed by atoms with van der Waals surface area (Å²) in [7, 11) is 1.35. The average molecular weight is 295 g/mol. The molecule has 0 aliphatic carbocycles. The van der Waals surface area contributed by atoms with Crippen molar-refractivity contribution in [1.29, 1.82) is 0 Å². The monoisotopic (exact) mass is 295 g/mol. The van der Waals surface area contributed by atoms with Gasteiger partial charge in [0, 0.05) is 12.1 Å². The number of esters is 1. The van der Waals surface area contributed by atoms with Crippen LogP contribution in [0.5, 0.6) is 0 Å². The van der Waals surface area contributed by atoms with Gasteiger partial charge in [0.15, 0.2) is 0 Å². The largest absolute Gasteiger partial charge is 0.463 e. The van der Waals surface area contributed by atoms with E-state index in [2.05, 4.69) is 11.8 Å². The summed E-state index contributed by atoms with van der Waals surface area (Å²) >= 11 is 0. The number of ether oxygens (including phenoxy) is 1. The third kappa shape index (κ3) is 3.47. The summed E-state index contributed by atoms with van der Waals surface area (Å²) in [5.41, 5.74) is 0.799. The SMILES string of the molecule is COC(=O)c1oc([C@H](C)N2CCC[C@@H]([C@@H](C)O)C2)cc1C. The van der Waals surface area contributed by atoms with Crippen LogP contribution in [0.1, 0.15) is 54.6 Å². The van der Waals surface area contributed by atoms with Crippen molar-refractivity contribution in [1.82, 2.24) is 4.90 Å². The number of aryl methyl sites for hydroxylation is 1. The first-order chi connectivity index (χ1) is 9.93. The molecule has 0 unspecified atom stereocenters. The van der Waals surface area contributed by atoms with E-state index in [1.807, 2.05) is 19.9 Å². The molecule has 1 aromatic rings. The van der Waals surface area contributed by atoms with Gasteiger partial charge in [0.05, 0.1) is 19.3 Å². The zero-order valence-corrected chi connectivity index (χ0v) is 13.3. The molecule has 3 atom stereocenters. The highest BCUT2D eigenvalue weighted by Crippen LogP contribution is 2.30. The Morgan fingerprint density at radius 2 is 2.24 bits per heavy atom. The smallest absolute Gasteiger partial charge is 0.374 e. The maximum atomic E-state index is 11.6. The Hall–Kier alpha value is -1.33. The lowest BCUT2D eigenvalue weighted by atomic mass is 9.92. The van der Waals surface area contributed by atoms with Gasteiger partial charge in [-0.15, -0.1) is 0 Å². The number of carbonyl (C=O) groups excluding carboxylic acids is 1. The first kappa shape index (κ1) is 16.0. The van der Waals surface area contributed by atoms with Crippen molar-refractivity contribution >= 4 is 5.97 Å². The number of rotatable bonds is 4. The molecule has 0 bridgehead atoms. The highest BCUT2D eigenvalue weighted by atomic mass is 16.5. The topological polar surface area (TPSA) is 62.9 Å². The van der Waals surface area contributed by atoms with Crippen molar-refractivity contribution in [2.45, 2.75) is 45.8 Å². The highest BCUT2D eigenvalue weighted by molar-refractivity contribution is 5.87. The second-order valence-corrected chi connectivity index (χ2v) is 5.97. The van der Waals surface area contributed by atoms with Crippen LogP contribution in [0.25, 0.3) is 0 Å². The maximum absolute atomic E-state index is 11.6. The van der Waals surface area contributed by atoms with E-state index in [0.717, 1.165) is 37.3 Å². The fourth-order valence-corrected chi connectivity index (χ4v) is 2.97. The summed E-state index contributed by atoms with van der Waals surface area (Å²) in [6.45, 7) is 7.61. The molecule has 0 saturated carbocycles. The fraction of sp³-hybridized carbons (Fsp3) is 0.688. The van der Waals surface area contributed by atoms with Gasteiger partial charge in [-0.25, -0.2) is 4.79 Å². The van der Waals surface area contributed by atoms with Crippen LogP contribution in [-0.2, 0) is 4.74 Å². The first-order valence-electron chi connectivity index (χ1n) is 7.54. The number of piperidine rings is 1. The van der Waals surface area contributed by atoms with Gasteiger partial charge in [-0.05, 0) is 52.1 Å². The molecule has 5 nitrogen and oxygen atoms in total. The Bertz CT molecular complexity index is 494. The van der Waals surface area contributed by atoms with E-state index >= 15 is 0 Å². The molecule has 1 N–H and O–H groups in total. The second-order valence-electron chi connectivity index (χ2n) is 5.97. The van der Waals surface area contributed by atoms with E-state index < -0.39 is 5.97 Å². The lowest BCUT2D eigenvalue weighted by Crippen LogP contribution is -2.40. The zero-order chi connectivity index (χ0) is 15.6.